The van der Waals surface area contributed by atoms with E-state index in [1.807, 2.05) is 61.5 Å². The number of carbonyl (C=O) groups is 1. The monoisotopic (exact) mass is 361 g/mol. The van der Waals surface area contributed by atoms with Gasteiger partial charge in [-0.2, -0.15) is 0 Å². The van der Waals surface area contributed by atoms with Crippen molar-refractivity contribution in [1.29, 1.82) is 0 Å². The van der Waals surface area contributed by atoms with Crippen molar-refractivity contribution in [2.45, 2.75) is 13.3 Å². The van der Waals surface area contributed by atoms with Gasteiger partial charge in [-0.25, -0.2) is 0 Å². The molecule has 27 heavy (non-hydrogen) atoms. The van der Waals surface area contributed by atoms with E-state index >= 15 is 0 Å². The largest absolute Gasteiger partial charge is 0.378 e. The standard InChI is InChI=1S/C21H23N5O/c1-4-15-7-5-6-8-18(15)23-20-14-13-19(24-25-20)21(27)22-16-9-11-17(12-10-16)26(2)3/h5-14H,4H2,1-3H3,(H,22,27)(H,23,25). The fraction of sp³-hybridized carbons (Fsp3) is 0.190. The zero-order chi connectivity index (χ0) is 19.2. The van der Waals surface area contributed by atoms with Gasteiger partial charge >= 0.3 is 0 Å². The van der Waals surface area contributed by atoms with Gasteiger partial charge in [0.2, 0.25) is 0 Å². The summed E-state index contributed by atoms with van der Waals surface area (Å²) >= 11 is 0. The molecule has 0 bridgehead atoms. The fourth-order valence-electron chi connectivity index (χ4n) is 2.65. The lowest BCUT2D eigenvalue weighted by molar-refractivity contribution is 0.102. The van der Waals surface area contributed by atoms with E-state index in [0.717, 1.165) is 17.8 Å². The summed E-state index contributed by atoms with van der Waals surface area (Å²) in [5.74, 6) is 0.309. The molecule has 1 aromatic heterocycles. The number of nitrogens with one attached hydrogen (secondary N) is 2. The lowest BCUT2D eigenvalue weighted by Crippen LogP contribution is -2.15. The van der Waals surface area contributed by atoms with Crippen molar-refractivity contribution in [2.24, 2.45) is 0 Å². The van der Waals surface area contributed by atoms with Crippen LogP contribution >= 0.6 is 0 Å². The maximum atomic E-state index is 12.4. The molecule has 0 spiro atoms. The molecule has 2 N–H and O–H groups in total. The smallest absolute Gasteiger partial charge is 0.276 e. The topological polar surface area (TPSA) is 70.2 Å². The first kappa shape index (κ1) is 18.4. The summed E-state index contributed by atoms with van der Waals surface area (Å²) in [6, 6.07) is 19.1. The zero-order valence-electron chi connectivity index (χ0n) is 15.7. The van der Waals surface area contributed by atoms with Crippen LogP contribution in [0.4, 0.5) is 22.9 Å². The molecule has 3 aromatic rings. The summed E-state index contributed by atoms with van der Waals surface area (Å²) in [7, 11) is 3.94. The average Bonchev–Trinajstić information content (AvgIpc) is 2.69. The maximum Gasteiger partial charge on any atom is 0.276 e. The number of aryl methyl sites for hydroxylation is 1. The predicted octanol–water partition coefficient (Wildman–Crippen LogP) is 4.10. The summed E-state index contributed by atoms with van der Waals surface area (Å²) in [5.41, 5.74) is 4.23. The van der Waals surface area contributed by atoms with Crippen LogP contribution in [-0.2, 0) is 6.42 Å². The van der Waals surface area contributed by atoms with E-state index in [9.17, 15) is 4.79 Å². The lowest BCUT2D eigenvalue weighted by Gasteiger charge is -2.13. The van der Waals surface area contributed by atoms with Crippen molar-refractivity contribution in [3.8, 4) is 0 Å². The Kier molecular flexibility index (Phi) is 5.66. The second-order valence-corrected chi connectivity index (χ2v) is 6.33. The molecule has 1 heterocycles. The number of aromatic nitrogens is 2. The van der Waals surface area contributed by atoms with Crippen LogP contribution in [0.25, 0.3) is 0 Å². The van der Waals surface area contributed by atoms with Gasteiger partial charge in [-0.15, -0.1) is 10.2 Å². The normalized spacial score (nSPS) is 10.3. The van der Waals surface area contributed by atoms with E-state index < -0.39 is 0 Å². The Hall–Kier alpha value is -3.41. The van der Waals surface area contributed by atoms with Gasteiger partial charge < -0.3 is 15.5 Å². The molecule has 0 fully saturated rings. The summed E-state index contributed by atoms with van der Waals surface area (Å²) in [6.07, 6.45) is 0.920. The maximum absolute atomic E-state index is 12.4. The molecule has 0 aliphatic heterocycles. The van der Waals surface area contributed by atoms with Gasteiger partial charge in [0.1, 0.15) is 0 Å². The Morgan fingerprint density at radius 2 is 1.70 bits per heavy atom. The van der Waals surface area contributed by atoms with Crippen LogP contribution < -0.4 is 15.5 Å². The third kappa shape index (κ3) is 4.61. The molecule has 1 amide bonds. The molecule has 0 atom stereocenters. The Labute approximate surface area is 159 Å². The molecule has 0 aliphatic rings. The van der Waals surface area contributed by atoms with E-state index in [1.165, 1.54) is 5.56 Å². The van der Waals surface area contributed by atoms with E-state index in [2.05, 4.69) is 33.8 Å². The lowest BCUT2D eigenvalue weighted by atomic mass is 10.1. The van der Waals surface area contributed by atoms with Crippen LogP contribution in [0.1, 0.15) is 23.0 Å². The molecular formula is C21H23N5O. The molecule has 6 heteroatoms. The Bertz CT molecular complexity index is 905. The number of anilines is 4. The van der Waals surface area contributed by atoms with Crippen molar-refractivity contribution in [3.05, 3.63) is 71.9 Å². The SMILES string of the molecule is CCc1ccccc1Nc1ccc(C(=O)Nc2ccc(N(C)C)cc2)nn1. The van der Waals surface area contributed by atoms with Gasteiger partial charge in [0.15, 0.2) is 11.5 Å². The van der Waals surface area contributed by atoms with Crippen LogP contribution in [0.3, 0.4) is 0 Å². The molecule has 0 radical (unpaired) electrons. The van der Waals surface area contributed by atoms with Gasteiger partial charge in [0.05, 0.1) is 0 Å². The minimum absolute atomic E-state index is 0.265. The highest BCUT2D eigenvalue weighted by Gasteiger charge is 2.09. The third-order valence-electron chi connectivity index (χ3n) is 4.20. The summed E-state index contributed by atoms with van der Waals surface area (Å²) in [4.78, 5) is 14.4. The Morgan fingerprint density at radius 1 is 0.963 bits per heavy atom. The van der Waals surface area contributed by atoms with E-state index in [0.29, 0.717) is 11.5 Å². The molecule has 2 aromatic carbocycles. The molecule has 6 nitrogen and oxygen atoms in total. The number of rotatable bonds is 6. The van der Waals surface area contributed by atoms with Gasteiger partial charge in [-0.3, -0.25) is 4.79 Å². The molecule has 0 saturated heterocycles. The first-order valence-electron chi connectivity index (χ1n) is 8.84. The Morgan fingerprint density at radius 3 is 2.33 bits per heavy atom. The molecule has 3 rings (SSSR count). The number of hydrogen-bond acceptors (Lipinski definition) is 5. The van der Waals surface area contributed by atoms with Crippen LogP contribution in [-0.4, -0.2) is 30.2 Å². The van der Waals surface area contributed by atoms with Gasteiger partial charge in [0.25, 0.3) is 5.91 Å². The molecular weight excluding hydrogens is 338 g/mol. The van der Waals surface area contributed by atoms with Crippen molar-refractivity contribution < 1.29 is 4.79 Å². The van der Waals surface area contributed by atoms with Crippen LogP contribution in [0.5, 0.6) is 0 Å². The van der Waals surface area contributed by atoms with Crippen LogP contribution in [0.15, 0.2) is 60.7 Å². The minimum atomic E-state index is -0.291. The number of para-hydroxylation sites is 1. The zero-order valence-corrected chi connectivity index (χ0v) is 15.7. The van der Waals surface area contributed by atoms with Crippen LogP contribution in [0.2, 0.25) is 0 Å². The quantitative estimate of drug-likeness (QED) is 0.692. The van der Waals surface area contributed by atoms with E-state index in [1.54, 1.807) is 12.1 Å². The molecule has 138 valence electrons. The fourth-order valence-corrected chi connectivity index (χ4v) is 2.65. The van der Waals surface area contributed by atoms with Crippen LogP contribution in [0, 0.1) is 0 Å². The van der Waals surface area contributed by atoms with Crippen molar-refractivity contribution in [3.63, 3.8) is 0 Å². The predicted molar refractivity (Wildman–Crippen MR) is 110 cm³/mol. The summed E-state index contributed by atoms with van der Waals surface area (Å²) in [5, 5.41) is 14.2. The number of amides is 1. The average molecular weight is 361 g/mol. The molecule has 0 aliphatic carbocycles. The second kappa shape index (κ2) is 8.31. The summed E-state index contributed by atoms with van der Waals surface area (Å²) in [6.45, 7) is 2.10. The summed E-state index contributed by atoms with van der Waals surface area (Å²) < 4.78 is 0. The van der Waals surface area contributed by atoms with E-state index in [-0.39, 0.29) is 11.6 Å². The van der Waals surface area contributed by atoms with Crippen molar-refractivity contribution >= 4 is 28.8 Å². The number of carbonyl (C=O) groups excluding carboxylic acids is 1. The number of benzene rings is 2. The second-order valence-electron chi connectivity index (χ2n) is 6.33. The van der Waals surface area contributed by atoms with Crippen molar-refractivity contribution in [1.82, 2.24) is 10.2 Å². The number of nitrogens with zero attached hydrogens (tertiary/aromatic N) is 3. The molecule has 0 saturated carbocycles. The third-order valence-corrected chi connectivity index (χ3v) is 4.20. The highest BCUT2D eigenvalue weighted by molar-refractivity contribution is 6.02. The van der Waals surface area contributed by atoms with Crippen molar-refractivity contribution in [2.75, 3.05) is 29.6 Å². The van der Waals surface area contributed by atoms with Gasteiger partial charge in [-0.1, -0.05) is 25.1 Å². The number of hydrogen-bond donors (Lipinski definition) is 2. The van der Waals surface area contributed by atoms with Gasteiger partial charge in [-0.05, 0) is 54.4 Å². The first-order valence-corrected chi connectivity index (χ1v) is 8.84. The highest BCUT2D eigenvalue weighted by atomic mass is 16.1. The van der Waals surface area contributed by atoms with Gasteiger partial charge in [0, 0.05) is 31.2 Å². The highest BCUT2D eigenvalue weighted by Crippen LogP contribution is 2.20. The molecule has 0 unspecified atom stereocenters. The van der Waals surface area contributed by atoms with E-state index in [4.69, 9.17) is 0 Å². The minimum Gasteiger partial charge on any atom is -0.378 e. The Balaban J connectivity index is 1.66. The first-order chi connectivity index (χ1) is 13.1.